The van der Waals surface area contributed by atoms with E-state index in [2.05, 4.69) is 236 Å². The van der Waals surface area contributed by atoms with E-state index in [4.69, 9.17) is 14.2 Å². The molecule has 0 saturated carbocycles. The molecule has 0 radical (unpaired) electrons. The molecule has 412 valence electrons. The van der Waals surface area contributed by atoms with E-state index in [0.717, 1.165) is 125 Å². The van der Waals surface area contributed by atoms with Crippen molar-refractivity contribution in [3.63, 3.8) is 0 Å². The quantitative estimate of drug-likeness (QED) is 0.0535. The number of fused-ring (bicyclic) bond motifs is 6. The zero-order valence-corrected chi connectivity index (χ0v) is 47.6. The lowest BCUT2D eigenvalue weighted by Crippen LogP contribution is -2.27. The van der Waals surface area contributed by atoms with E-state index in [0.29, 0.717) is 25.7 Å². The van der Waals surface area contributed by atoms with Gasteiger partial charge in [0.25, 0.3) is 0 Å². The molecule has 12 rings (SSSR count). The first-order valence-electron chi connectivity index (χ1n) is 29.7. The highest BCUT2D eigenvalue weighted by molar-refractivity contribution is 6.11. The molecular formula is C78H72N2O3. The summed E-state index contributed by atoms with van der Waals surface area (Å²) in [5.41, 5.74) is 17.7. The molecule has 1 aliphatic carbocycles. The van der Waals surface area contributed by atoms with Crippen LogP contribution in [0, 0.1) is 5.92 Å². The van der Waals surface area contributed by atoms with Crippen molar-refractivity contribution in [3.05, 3.63) is 284 Å². The second-order valence-corrected chi connectivity index (χ2v) is 22.2. The topological polar surface area (TPSA) is 35.9 Å². The van der Waals surface area contributed by atoms with Crippen molar-refractivity contribution in [1.29, 1.82) is 0 Å². The predicted molar refractivity (Wildman–Crippen MR) is 348 cm³/mol. The minimum Gasteiger partial charge on any atom is -0.494 e. The highest BCUT2D eigenvalue weighted by Crippen LogP contribution is 2.56. The largest absolute Gasteiger partial charge is 0.494 e. The summed E-state index contributed by atoms with van der Waals surface area (Å²) in [6, 6.07) is 88.0. The normalized spacial score (nSPS) is 13.7. The number of unbranched alkanes of at least 4 members (excludes halogenated alkanes) is 4. The predicted octanol–water partition coefficient (Wildman–Crippen LogP) is 20.8. The van der Waals surface area contributed by atoms with Gasteiger partial charge < -0.3 is 23.7 Å². The van der Waals surface area contributed by atoms with Gasteiger partial charge in [-0.25, -0.2) is 0 Å². The van der Waals surface area contributed by atoms with Crippen molar-refractivity contribution in [2.24, 2.45) is 5.92 Å². The van der Waals surface area contributed by atoms with Crippen LogP contribution in [-0.2, 0) is 5.41 Å². The molecule has 11 aromatic rings. The van der Waals surface area contributed by atoms with Crippen molar-refractivity contribution in [2.45, 2.75) is 63.7 Å². The lowest BCUT2D eigenvalue weighted by Gasteiger charge is -2.34. The Bertz CT molecular complexity index is 3960. The van der Waals surface area contributed by atoms with Crippen LogP contribution in [0.15, 0.2) is 256 Å². The monoisotopic (exact) mass is 1080 g/mol. The molecule has 0 spiro atoms. The highest BCUT2D eigenvalue weighted by atomic mass is 16.5. The first-order chi connectivity index (χ1) is 41.0. The van der Waals surface area contributed by atoms with Gasteiger partial charge in [-0.1, -0.05) is 185 Å². The van der Waals surface area contributed by atoms with Gasteiger partial charge in [0.15, 0.2) is 0 Å². The minimum atomic E-state index is -0.326. The van der Waals surface area contributed by atoms with Gasteiger partial charge in [0.1, 0.15) is 17.2 Å². The molecule has 5 nitrogen and oxygen atoms in total. The summed E-state index contributed by atoms with van der Waals surface area (Å²) in [7, 11) is 0. The number of para-hydroxylation sites is 2. The smallest absolute Gasteiger partial charge is 0.120 e. The lowest BCUT2D eigenvalue weighted by atomic mass is 9.69. The number of ether oxygens (including phenoxy) is 3. The summed E-state index contributed by atoms with van der Waals surface area (Å²) >= 11 is 0. The zero-order valence-electron chi connectivity index (χ0n) is 47.6. The van der Waals surface area contributed by atoms with Crippen LogP contribution in [0.3, 0.4) is 0 Å². The van der Waals surface area contributed by atoms with Crippen LogP contribution >= 0.6 is 0 Å². The Hall–Kier alpha value is -9.32. The van der Waals surface area contributed by atoms with Crippen LogP contribution in [0.5, 0.6) is 17.2 Å². The molecule has 10 aromatic carbocycles. The lowest BCUT2D eigenvalue weighted by molar-refractivity contribution is 0.248. The summed E-state index contributed by atoms with van der Waals surface area (Å²) in [5, 5.41) is 2.36. The molecule has 0 aliphatic heterocycles. The second kappa shape index (κ2) is 25.2. The van der Waals surface area contributed by atoms with E-state index < -0.39 is 0 Å². The molecule has 83 heavy (non-hydrogen) atoms. The number of benzene rings is 10. The second-order valence-electron chi connectivity index (χ2n) is 22.2. The third-order valence-electron chi connectivity index (χ3n) is 16.7. The maximum absolute atomic E-state index is 6.47. The van der Waals surface area contributed by atoms with E-state index in [-0.39, 0.29) is 5.41 Å². The van der Waals surface area contributed by atoms with Gasteiger partial charge in [0.2, 0.25) is 0 Å². The first kappa shape index (κ1) is 54.3. The highest BCUT2D eigenvalue weighted by Gasteiger charge is 2.44. The maximum atomic E-state index is 6.47. The van der Waals surface area contributed by atoms with E-state index in [1.54, 1.807) is 0 Å². The van der Waals surface area contributed by atoms with Crippen LogP contribution in [-0.4, -0.2) is 24.4 Å². The van der Waals surface area contributed by atoms with Gasteiger partial charge in [-0.3, -0.25) is 0 Å². The van der Waals surface area contributed by atoms with Crippen molar-refractivity contribution in [1.82, 2.24) is 4.57 Å². The van der Waals surface area contributed by atoms with Gasteiger partial charge in [-0.15, -0.1) is 0 Å². The van der Waals surface area contributed by atoms with Crippen molar-refractivity contribution in [3.8, 4) is 45.2 Å². The molecule has 0 saturated heterocycles. The molecule has 1 aromatic heterocycles. The minimum absolute atomic E-state index is 0.326. The Balaban J connectivity index is 0.807. The molecule has 1 aliphatic rings. The number of aromatic nitrogens is 1. The van der Waals surface area contributed by atoms with Gasteiger partial charge in [-0.05, 0) is 198 Å². The Labute approximate surface area is 490 Å². The molecule has 2 atom stereocenters. The molecule has 0 amide bonds. The third-order valence-corrected chi connectivity index (χ3v) is 16.7. The Kier molecular flexibility index (Phi) is 16.5. The number of anilines is 3. The van der Waals surface area contributed by atoms with Crippen LogP contribution in [0.1, 0.15) is 86.1 Å². The molecule has 1 heterocycles. The Morgan fingerprint density at radius 2 is 0.988 bits per heavy atom. The summed E-state index contributed by atoms with van der Waals surface area (Å²) in [6.07, 6.45) is 12.2. The number of nitrogens with zero attached hydrogens (tertiary/aromatic N) is 2. The fraction of sp³-hybridized carbons (Fsp3) is 0.179. The fourth-order valence-electron chi connectivity index (χ4n) is 12.4. The Morgan fingerprint density at radius 3 is 1.67 bits per heavy atom. The molecule has 2 unspecified atom stereocenters. The number of hydrogen-bond donors (Lipinski definition) is 0. The number of hydrogen-bond acceptors (Lipinski definition) is 4. The summed E-state index contributed by atoms with van der Waals surface area (Å²) in [5.74, 6) is 3.13. The summed E-state index contributed by atoms with van der Waals surface area (Å²) in [4.78, 5) is 2.42. The SMILES string of the molecule is C=Cc1ccc(OCCCCCCOc2ccc3c(c2)c2cc(-c4ccc(N(c5ccccc5)c5ccc6c(c5)C(CCCCC(C)COc5ccc(C=C)cc5)(c5ccccc5)c5ccccc5-6)cc4)ccc2n3-c2ccccc2)cc1. The molecule has 0 fully saturated rings. The summed E-state index contributed by atoms with van der Waals surface area (Å²) < 4.78 is 21.1. The third kappa shape index (κ3) is 11.6. The van der Waals surface area contributed by atoms with Crippen LogP contribution in [0.2, 0.25) is 0 Å². The van der Waals surface area contributed by atoms with E-state index in [9.17, 15) is 0 Å². The van der Waals surface area contributed by atoms with Gasteiger partial charge in [-0.2, -0.15) is 0 Å². The molecule has 0 bridgehead atoms. The van der Waals surface area contributed by atoms with E-state index >= 15 is 0 Å². The zero-order chi connectivity index (χ0) is 56.4. The van der Waals surface area contributed by atoms with Gasteiger partial charge in [0, 0.05) is 38.9 Å². The van der Waals surface area contributed by atoms with Gasteiger partial charge >= 0.3 is 0 Å². The molecule has 5 heteroatoms. The van der Waals surface area contributed by atoms with Crippen LogP contribution in [0.25, 0.3) is 61.9 Å². The van der Waals surface area contributed by atoms with Gasteiger partial charge in [0.05, 0.1) is 30.9 Å². The first-order valence-corrected chi connectivity index (χ1v) is 29.7. The average Bonchev–Trinajstić information content (AvgIpc) is 2.94. The standard InChI is InChI=1S/C78H72N2O3/c1-4-58-32-42-67(43-33-58)81-51-21-6-7-22-52-82-69-46-49-77-73(55-69)72-53-61(38-48-76(72)80(77)64-28-15-10-16-29-64)60-36-39-65(40-37-60)79(63-26-13-9-14-27-63)66-41-47-71-70-30-17-18-31-74(70)78(75(71)54-66,62-24-11-8-12-25-62)50-20-19-23-57(3)56-83-68-44-34-59(5-2)35-45-68/h4-5,8-18,24-49,53-55,57H,1-2,6-7,19-23,50-52,56H2,3H3. The average molecular weight is 1090 g/mol. The fourth-order valence-corrected chi connectivity index (χ4v) is 12.4. The molecule has 0 N–H and O–H groups in total. The van der Waals surface area contributed by atoms with Crippen LogP contribution in [0.4, 0.5) is 17.1 Å². The van der Waals surface area contributed by atoms with Crippen molar-refractivity contribution >= 4 is 51.0 Å². The summed E-state index contributed by atoms with van der Waals surface area (Å²) in [6.45, 7) is 12.1. The van der Waals surface area contributed by atoms with Crippen LogP contribution < -0.4 is 19.1 Å². The van der Waals surface area contributed by atoms with Crippen molar-refractivity contribution in [2.75, 3.05) is 24.7 Å². The Morgan fingerprint density at radius 1 is 0.446 bits per heavy atom. The number of rotatable bonds is 25. The molecular weight excluding hydrogens is 1010 g/mol. The van der Waals surface area contributed by atoms with E-state index in [1.807, 2.05) is 48.6 Å². The van der Waals surface area contributed by atoms with Crippen molar-refractivity contribution < 1.29 is 14.2 Å². The van der Waals surface area contributed by atoms with E-state index in [1.165, 1.54) is 38.6 Å². The maximum Gasteiger partial charge on any atom is 0.120 e.